The van der Waals surface area contributed by atoms with Crippen LogP contribution in [-0.2, 0) is 0 Å². The van der Waals surface area contributed by atoms with Crippen LogP contribution < -0.4 is 9.47 Å². The van der Waals surface area contributed by atoms with Crippen LogP contribution in [0.25, 0.3) is 44.5 Å². The first-order chi connectivity index (χ1) is 24.7. The second kappa shape index (κ2) is 12.6. The van der Waals surface area contributed by atoms with Crippen molar-refractivity contribution in [1.29, 1.82) is 31.6 Å². The number of halogens is 6. The number of fused-ring (bicyclic) bond motifs is 4. The molecule has 0 saturated carbocycles. The molecule has 0 fully saturated rings. The van der Waals surface area contributed by atoms with Gasteiger partial charge in [-0.1, -0.05) is 24.3 Å². The van der Waals surface area contributed by atoms with Gasteiger partial charge in [0, 0.05) is 22.3 Å². The van der Waals surface area contributed by atoms with Gasteiger partial charge < -0.3 is 9.47 Å². The molecule has 8 nitrogen and oxygen atoms in total. The third-order valence-electron chi connectivity index (χ3n) is 8.13. The first-order valence-corrected chi connectivity index (χ1v) is 14.5. The zero-order valence-electron chi connectivity index (χ0n) is 25.7. The summed E-state index contributed by atoms with van der Waals surface area (Å²) in [5.41, 5.74) is 2.26. The van der Waals surface area contributed by atoms with Crippen molar-refractivity contribution in [3.63, 3.8) is 0 Å². The number of nitriles is 6. The first kappa shape index (κ1) is 34.1. The molecule has 2 aliphatic rings. The Labute approximate surface area is 289 Å². The Morgan fingerprint density at radius 1 is 0.442 bits per heavy atom. The van der Waals surface area contributed by atoms with Gasteiger partial charge >= 0.3 is 12.7 Å². The average Bonchev–Trinajstić information content (AvgIpc) is 3.60. The number of hydrogen-bond donors (Lipinski definition) is 0. The van der Waals surface area contributed by atoms with E-state index in [1.807, 2.05) is 36.4 Å². The van der Waals surface area contributed by atoms with Crippen LogP contribution in [0.15, 0.2) is 83.9 Å². The number of nitrogens with zero attached hydrogens (tertiary/aromatic N) is 6. The highest BCUT2D eigenvalue weighted by atomic mass is 19.4. The van der Waals surface area contributed by atoms with Crippen LogP contribution in [0.1, 0.15) is 33.4 Å². The summed E-state index contributed by atoms with van der Waals surface area (Å²) in [6, 6.07) is 26.8. The Hall–Kier alpha value is -7.78. The molecule has 0 atom stereocenters. The lowest BCUT2D eigenvalue weighted by molar-refractivity contribution is -0.275. The molecule has 2 aliphatic carbocycles. The molecule has 0 N–H and O–H groups in total. The summed E-state index contributed by atoms with van der Waals surface area (Å²) in [4.78, 5) is 0. The highest BCUT2D eigenvalue weighted by molar-refractivity contribution is 6.38. The van der Waals surface area contributed by atoms with Gasteiger partial charge in [-0.15, -0.1) is 26.3 Å². The van der Waals surface area contributed by atoms with Crippen molar-refractivity contribution in [2.24, 2.45) is 0 Å². The topological polar surface area (TPSA) is 161 Å². The van der Waals surface area contributed by atoms with Crippen molar-refractivity contribution in [3.8, 4) is 70.2 Å². The van der Waals surface area contributed by atoms with Gasteiger partial charge in [0.15, 0.2) is 0 Å². The van der Waals surface area contributed by atoms with E-state index in [2.05, 4.69) is 9.47 Å². The van der Waals surface area contributed by atoms with Crippen LogP contribution in [0, 0.1) is 68.0 Å². The minimum atomic E-state index is -5.00. The predicted molar refractivity (Wildman–Crippen MR) is 170 cm³/mol. The average molecular weight is 699 g/mol. The summed E-state index contributed by atoms with van der Waals surface area (Å²) >= 11 is 0. The van der Waals surface area contributed by atoms with Gasteiger partial charge in [0.1, 0.15) is 46.9 Å². The van der Waals surface area contributed by atoms with Crippen molar-refractivity contribution in [3.05, 3.63) is 117 Å². The van der Waals surface area contributed by atoms with Crippen LogP contribution in [0.2, 0.25) is 0 Å². The maximum Gasteiger partial charge on any atom is 0.573 e. The Balaban J connectivity index is 1.55. The molecule has 0 unspecified atom stereocenters. The number of allylic oxidation sites excluding steroid dienone is 6. The Morgan fingerprint density at radius 3 is 1.10 bits per heavy atom. The van der Waals surface area contributed by atoms with Gasteiger partial charge in [-0.3, -0.25) is 0 Å². The van der Waals surface area contributed by atoms with Gasteiger partial charge in [-0.05, 0) is 93.0 Å². The maximum absolute atomic E-state index is 12.8. The minimum Gasteiger partial charge on any atom is -0.406 e. The summed E-state index contributed by atoms with van der Waals surface area (Å²) in [5, 5.41) is 59.8. The third kappa shape index (κ3) is 5.90. The monoisotopic (exact) mass is 698 g/mol. The molecule has 0 bridgehead atoms. The van der Waals surface area contributed by atoms with Crippen LogP contribution in [0.3, 0.4) is 0 Å². The lowest BCUT2D eigenvalue weighted by Gasteiger charge is -2.16. The van der Waals surface area contributed by atoms with Gasteiger partial charge in [0.25, 0.3) is 0 Å². The van der Waals surface area contributed by atoms with Crippen molar-refractivity contribution < 1.29 is 35.8 Å². The maximum atomic E-state index is 12.8. The van der Waals surface area contributed by atoms with Gasteiger partial charge in [-0.2, -0.15) is 31.6 Å². The standard InChI is InChI=1S/C38H12F6N6O2/c39-37(40,41)51-25-3-7-27(21(9-25)13-45)19-1-5-29-31(11-19)33(23(15-47)16-48)36-30-6-2-20(12-32(30)34(35(29)36)24(17-49)18-50)28-8-4-26(10-22(28)14-46)52-38(42,43)44/h1-12H. The molecular weight excluding hydrogens is 686 g/mol. The highest BCUT2D eigenvalue weighted by Crippen LogP contribution is 2.60. The molecule has 6 rings (SSSR count). The zero-order chi connectivity index (χ0) is 37.5. The van der Waals surface area contributed by atoms with Crippen molar-refractivity contribution >= 4 is 22.3 Å². The van der Waals surface area contributed by atoms with E-state index in [1.54, 1.807) is 24.3 Å². The van der Waals surface area contributed by atoms with E-state index >= 15 is 0 Å². The zero-order valence-corrected chi connectivity index (χ0v) is 25.7. The molecule has 0 aliphatic heterocycles. The van der Waals surface area contributed by atoms with Crippen molar-refractivity contribution in [2.75, 3.05) is 0 Å². The summed E-state index contributed by atoms with van der Waals surface area (Å²) in [6.45, 7) is 0. The molecule has 4 aromatic rings. The van der Waals surface area contributed by atoms with Crippen molar-refractivity contribution in [1.82, 2.24) is 0 Å². The number of hydrogen-bond acceptors (Lipinski definition) is 8. The molecule has 0 amide bonds. The van der Waals surface area contributed by atoms with Crippen LogP contribution in [-0.4, -0.2) is 12.7 Å². The molecule has 0 radical (unpaired) electrons. The van der Waals surface area contributed by atoms with Crippen LogP contribution >= 0.6 is 0 Å². The minimum absolute atomic E-state index is 0.123. The SMILES string of the molecule is N#CC(C#N)=C1C2=C(C(=C(C#N)C#N)c3cc(-c4ccc(OC(F)(F)F)cc4C#N)ccc32)c2ccc(-c3ccc(OC(F)(F)F)cc3C#N)cc21. The molecule has 0 heterocycles. The number of alkyl halides is 6. The van der Waals surface area contributed by atoms with E-state index in [4.69, 9.17) is 0 Å². The van der Waals surface area contributed by atoms with Crippen LogP contribution in [0.4, 0.5) is 26.3 Å². The van der Waals surface area contributed by atoms with E-state index in [0.29, 0.717) is 44.5 Å². The van der Waals surface area contributed by atoms with Crippen LogP contribution in [0.5, 0.6) is 11.5 Å². The number of benzene rings is 4. The molecule has 52 heavy (non-hydrogen) atoms. The summed E-state index contributed by atoms with van der Waals surface area (Å²) < 4.78 is 84.9. The number of rotatable bonds is 4. The second-order valence-corrected chi connectivity index (χ2v) is 11.0. The molecule has 14 heteroatoms. The van der Waals surface area contributed by atoms with E-state index in [1.165, 1.54) is 24.3 Å². The Bertz CT molecular complexity index is 2410. The van der Waals surface area contributed by atoms with E-state index in [-0.39, 0.29) is 44.5 Å². The second-order valence-electron chi connectivity index (χ2n) is 11.0. The Kier molecular flexibility index (Phi) is 8.26. The number of ether oxygens (including phenoxy) is 2. The summed E-state index contributed by atoms with van der Waals surface area (Å²) in [6.07, 6.45) is -10.00. The fraction of sp³-hybridized carbons (Fsp3) is 0.0526. The van der Waals surface area contributed by atoms with E-state index in [9.17, 15) is 57.9 Å². The predicted octanol–water partition coefficient (Wildman–Crippen LogP) is 9.10. The molecule has 248 valence electrons. The van der Waals surface area contributed by atoms with E-state index < -0.39 is 24.2 Å². The smallest absolute Gasteiger partial charge is 0.406 e. The molecular formula is C38H12F6N6O2. The molecule has 4 aromatic carbocycles. The van der Waals surface area contributed by atoms with Gasteiger partial charge in [-0.25, -0.2) is 0 Å². The summed E-state index contributed by atoms with van der Waals surface area (Å²) in [7, 11) is 0. The largest absolute Gasteiger partial charge is 0.573 e. The van der Waals surface area contributed by atoms with Crippen molar-refractivity contribution in [2.45, 2.75) is 12.7 Å². The van der Waals surface area contributed by atoms with Gasteiger partial charge in [0.05, 0.1) is 23.3 Å². The Morgan fingerprint density at radius 2 is 0.788 bits per heavy atom. The molecule has 0 saturated heterocycles. The lowest BCUT2D eigenvalue weighted by Crippen LogP contribution is -2.17. The third-order valence-corrected chi connectivity index (χ3v) is 8.13. The van der Waals surface area contributed by atoms with Gasteiger partial charge in [0.2, 0.25) is 0 Å². The summed E-state index contributed by atoms with van der Waals surface area (Å²) in [5.74, 6) is -1.24. The first-order valence-electron chi connectivity index (χ1n) is 14.5. The quantitative estimate of drug-likeness (QED) is 0.151. The highest BCUT2D eigenvalue weighted by Gasteiger charge is 2.40. The normalized spacial score (nSPS) is 12.5. The lowest BCUT2D eigenvalue weighted by atomic mass is 9.86. The molecule has 0 spiro atoms. The fourth-order valence-electron chi connectivity index (χ4n) is 6.25. The molecule has 0 aromatic heterocycles. The van der Waals surface area contributed by atoms with E-state index in [0.717, 1.165) is 24.3 Å². The fourth-order valence-corrected chi connectivity index (χ4v) is 6.25.